The van der Waals surface area contributed by atoms with Crippen LogP contribution in [0.3, 0.4) is 0 Å². The number of aromatic amines is 1. The van der Waals surface area contributed by atoms with Crippen LogP contribution in [0.25, 0.3) is 0 Å². The Hall–Kier alpha value is -0.770. The fourth-order valence-electron chi connectivity index (χ4n) is 2.37. The van der Waals surface area contributed by atoms with E-state index < -0.39 is 0 Å². The van der Waals surface area contributed by atoms with Gasteiger partial charge in [-0.2, -0.15) is 0 Å². The van der Waals surface area contributed by atoms with Gasteiger partial charge in [0.15, 0.2) is 5.16 Å². The van der Waals surface area contributed by atoms with E-state index in [4.69, 9.17) is 0 Å². The molecule has 3 nitrogen and oxygen atoms in total. The fourth-order valence-corrected chi connectivity index (χ4v) is 2.78. The second kappa shape index (κ2) is 5.53. The van der Waals surface area contributed by atoms with Crippen LogP contribution in [-0.4, -0.2) is 16.2 Å². The van der Waals surface area contributed by atoms with Crippen molar-refractivity contribution in [1.29, 1.82) is 0 Å². The molecule has 0 unspecified atom stereocenters. The first kappa shape index (κ1) is 11.7. The highest BCUT2D eigenvalue weighted by Gasteiger charge is 2.15. The van der Waals surface area contributed by atoms with Crippen LogP contribution in [0.15, 0.2) is 16.0 Å². The molecule has 0 spiro atoms. The molecule has 0 amide bonds. The summed E-state index contributed by atoms with van der Waals surface area (Å²) in [4.78, 5) is 18.6. The van der Waals surface area contributed by atoms with Crippen molar-refractivity contribution in [1.82, 2.24) is 9.97 Å². The highest BCUT2D eigenvalue weighted by Crippen LogP contribution is 2.26. The van der Waals surface area contributed by atoms with Crippen molar-refractivity contribution in [2.24, 2.45) is 5.92 Å². The maximum Gasteiger partial charge on any atom is 0.251 e. The first-order chi connectivity index (χ1) is 7.78. The molecule has 1 aliphatic rings. The third kappa shape index (κ3) is 3.11. The van der Waals surface area contributed by atoms with Crippen LogP contribution in [0.1, 0.15) is 37.8 Å². The lowest BCUT2D eigenvalue weighted by Gasteiger charge is -2.20. The number of thioether (sulfide) groups is 1. The smallest absolute Gasteiger partial charge is 0.251 e. The molecule has 4 heteroatoms. The Morgan fingerprint density at radius 2 is 2.19 bits per heavy atom. The van der Waals surface area contributed by atoms with E-state index in [1.807, 2.05) is 6.26 Å². The van der Waals surface area contributed by atoms with Gasteiger partial charge in [-0.15, -0.1) is 0 Å². The van der Waals surface area contributed by atoms with Gasteiger partial charge in [-0.3, -0.25) is 4.79 Å². The van der Waals surface area contributed by atoms with Crippen LogP contribution >= 0.6 is 11.8 Å². The molecule has 0 aromatic carbocycles. The molecular weight excluding hydrogens is 220 g/mol. The van der Waals surface area contributed by atoms with Gasteiger partial charge in [0.1, 0.15) is 0 Å². The Kier molecular flexibility index (Phi) is 4.04. The minimum atomic E-state index is -0.0230. The number of hydrogen-bond donors (Lipinski definition) is 1. The van der Waals surface area contributed by atoms with Gasteiger partial charge in [0.2, 0.25) is 0 Å². The third-order valence-electron chi connectivity index (χ3n) is 3.19. The van der Waals surface area contributed by atoms with E-state index in [9.17, 15) is 4.79 Å². The normalized spacial score (nSPS) is 17.6. The standard InChI is InChI=1S/C12H18N2OS/c1-16-12-13-10(8-11(15)14-12)7-9-5-3-2-4-6-9/h8-9H,2-7H2,1H3,(H,13,14,15). The van der Waals surface area contributed by atoms with Gasteiger partial charge in [0.25, 0.3) is 5.56 Å². The summed E-state index contributed by atoms with van der Waals surface area (Å²) in [6.07, 6.45) is 9.54. The molecule has 1 aromatic heterocycles. The summed E-state index contributed by atoms with van der Waals surface area (Å²) in [5, 5.41) is 0.735. The largest absolute Gasteiger partial charge is 0.301 e. The molecule has 0 atom stereocenters. The molecule has 0 aliphatic heterocycles. The van der Waals surface area contributed by atoms with Crippen molar-refractivity contribution in [2.45, 2.75) is 43.7 Å². The van der Waals surface area contributed by atoms with Gasteiger partial charge < -0.3 is 4.98 Å². The molecule has 1 N–H and O–H groups in total. The Balaban J connectivity index is 2.07. The number of H-pyrrole nitrogens is 1. The quantitative estimate of drug-likeness (QED) is 0.650. The number of nitrogens with one attached hydrogen (secondary N) is 1. The molecule has 0 saturated heterocycles. The maximum atomic E-state index is 11.4. The van der Waals surface area contributed by atoms with Crippen molar-refractivity contribution < 1.29 is 0 Å². The van der Waals surface area contributed by atoms with Crippen LogP contribution in [0.4, 0.5) is 0 Å². The Labute approximate surface area is 100 Å². The predicted molar refractivity (Wildman–Crippen MR) is 66.9 cm³/mol. The van der Waals surface area contributed by atoms with Crippen LogP contribution in [0.5, 0.6) is 0 Å². The van der Waals surface area contributed by atoms with E-state index in [0.29, 0.717) is 0 Å². The Morgan fingerprint density at radius 1 is 1.44 bits per heavy atom. The highest BCUT2D eigenvalue weighted by atomic mass is 32.2. The first-order valence-electron chi connectivity index (χ1n) is 5.92. The number of rotatable bonds is 3. The molecule has 0 bridgehead atoms. The second-order valence-electron chi connectivity index (χ2n) is 4.45. The van der Waals surface area contributed by atoms with Gasteiger partial charge in [0.05, 0.1) is 0 Å². The Morgan fingerprint density at radius 3 is 2.88 bits per heavy atom. The molecule has 1 aromatic rings. The van der Waals surface area contributed by atoms with Crippen molar-refractivity contribution in [3.05, 3.63) is 22.1 Å². The van der Waals surface area contributed by atoms with Crippen LogP contribution in [0.2, 0.25) is 0 Å². The van der Waals surface area contributed by atoms with Crippen LogP contribution in [-0.2, 0) is 6.42 Å². The van der Waals surface area contributed by atoms with Crippen molar-refractivity contribution in [2.75, 3.05) is 6.26 Å². The molecule has 1 aliphatic carbocycles. The SMILES string of the molecule is CSc1nc(CC2CCCCC2)cc(=O)[nH]1. The van der Waals surface area contributed by atoms with Gasteiger partial charge >= 0.3 is 0 Å². The summed E-state index contributed by atoms with van der Waals surface area (Å²) in [6.45, 7) is 0. The van der Waals surface area contributed by atoms with Gasteiger partial charge in [-0.1, -0.05) is 43.9 Å². The third-order valence-corrected chi connectivity index (χ3v) is 3.77. The van der Waals surface area contributed by atoms with E-state index in [-0.39, 0.29) is 5.56 Å². The molecule has 1 fully saturated rings. The average molecular weight is 238 g/mol. The zero-order valence-electron chi connectivity index (χ0n) is 9.66. The van der Waals surface area contributed by atoms with E-state index in [2.05, 4.69) is 9.97 Å². The summed E-state index contributed by atoms with van der Waals surface area (Å²) in [6, 6.07) is 1.65. The van der Waals surface area contributed by atoms with E-state index in [1.165, 1.54) is 43.9 Å². The summed E-state index contributed by atoms with van der Waals surface area (Å²) in [5.74, 6) is 0.734. The Bertz CT molecular complexity index is 396. The lowest BCUT2D eigenvalue weighted by Crippen LogP contribution is -2.15. The monoisotopic (exact) mass is 238 g/mol. The summed E-state index contributed by atoms with van der Waals surface area (Å²) >= 11 is 1.49. The number of nitrogens with zero attached hydrogens (tertiary/aromatic N) is 1. The fraction of sp³-hybridized carbons (Fsp3) is 0.667. The lowest BCUT2D eigenvalue weighted by molar-refractivity contribution is 0.353. The second-order valence-corrected chi connectivity index (χ2v) is 5.25. The highest BCUT2D eigenvalue weighted by molar-refractivity contribution is 7.98. The zero-order chi connectivity index (χ0) is 11.4. The molecule has 0 radical (unpaired) electrons. The zero-order valence-corrected chi connectivity index (χ0v) is 10.5. The minimum Gasteiger partial charge on any atom is -0.301 e. The predicted octanol–water partition coefficient (Wildman–Crippen LogP) is 2.61. The molecule has 88 valence electrons. The van der Waals surface area contributed by atoms with Gasteiger partial charge in [-0.25, -0.2) is 4.98 Å². The molecule has 2 rings (SSSR count). The van der Waals surface area contributed by atoms with Gasteiger partial charge in [-0.05, 0) is 18.6 Å². The molecule has 1 heterocycles. The molecule has 1 saturated carbocycles. The molecule has 16 heavy (non-hydrogen) atoms. The average Bonchev–Trinajstić information content (AvgIpc) is 2.29. The maximum absolute atomic E-state index is 11.4. The first-order valence-corrected chi connectivity index (χ1v) is 7.14. The summed E-state index contributed by atoms with van der Waals surface area (Å²) in [5.41, 5.74) is 0.935. The van der Waals surface area contributed by atoms with E-state index in [0.717, 1.165) is 23.2 Å². The topological polar surface area (TPSA) is 45.8 Å². The molecular formula is C12H18N2OS. The van der Waals surface area contributed by atoms with E-state index in [1.54, 1.807) is 6.07 Å². The van der Waals surface area contributed by atoms with E-state index >= 15 is 0 Å². The minimum absolute atomic E-state index is 0.0230. The number of hydrogen-bond acceptors (Lipinski definition) is 3. The summed E-state index contributed by atoms with van der Waals surface area (Å²) in [7, 11) is 0. The van der Waals surface area contributed by atoms with Crippen LogP contribution < -0.4 is 5.56 Å². The summed E-state index contributed by atoms with van der Waals surface area (Å²) < 4.78 is 0. The van der Waals surface area contributed by atoms with Crippen molar-refractivity contribution in [3.8, 4) is 0 Å². The number of aromatic nitrogens is 2. The van der Waals surface area contributed by atoms with Gasteiger partial charge in [0, 0.05) is 11.8 Å². The van der Waals surface area contributed by atoms with Crippen molar-refractivity contribution in [3.63, 3.8) is 0 Å². The van der Waals surface area contributed by atoms with Crippen molar-refractivity contribution >= 4 is 11.8 Å². The lowest BCUT2D eigenvalue weighted by atomic mass is 9.86. The van der Waals surface area contributed by atoms with Crippen LogP contribution in [0, 0.1) is 5.92 Å².